The minimum atomic E-state index is -0.420. The smallest absolute Gasteiger partial charge is 0.233 e. The highest BCUT2D eigenvalue weighted by atomic mass is 32.2. The van der Waals surface area contributed by atoms with Crippen LogP contribution < -0.4 is 4.74 Å². The van der Waals surface area contributed by atoms with Gasteiger partial charge in [-0.2, -0.15) is 0 Å². The van der Waals surface area contributed by atoms with E-state index in [1.807, 2.05) is 34.9 Å². The molecule has 2 aliphatic rings. The van der Waals surface area contributed by atoms with Gasteiger partial charge >= 0.3 is 0 Å². The Kier molecular flexibility index (Phi) is 7.13. The summed E-state index contributed by atoms with van der Waals surface area (Å²) >= 11 is 1.40. The predicted molar refractivity (Wildman–Crippen MR) is 130 cm³/mol. The fourth-order valence-electron chi connectivity index (χ4n) is 5.17. The molecule has 178 valence electrons. The minimum Gasteiger partial charge on any atom is -0.483 e. The number of fused-ring (bicyclic) bond motifs is 1. The van der Waals surface area contributed by atoms with Gasteiger partial charge in [0.15, 0.2) is 22.5 Å². The molecule has 0 spiro atoms. The van der Waals surface area contributed by atoms with E-state index in [-0.39, 0.29) is 18.3 Å². The molecular weight excluding hydrogens is 451 g/mol. The van der Waals surface area contributed by atoms with Crippen LogP contribution in [0.4, 0.5) is 4.39 Å². The van der Waals surface area contributed by atoms with E-state index in [4.69, 9.17) is 4.74 Å². The number of nitrogens with zero attached hydrogens (tertiary/aromatic N) is 4. The summed E-state index contributed by atoms with van der Waals surface area (Å²) < 4.78 is 21.6. The SMILES string of the molecule is O=C(CSc1nnc(COc2ccccc2F)n1-c1ccccc1)N1CCCC2CCCCC21. The fraction of sp³-hybridized carbons (Fsp3) is 0.423. The van der Waals surface area contributed by atoms with Crippen molar-refractivity contribution >= 4 is 17.7 Å². The summed E-state index contributed by atoms with van der Waals surface area (Å²) in [6.45, 7) is 0.918. The van der Waals surface area contributed by atoms with Gasteiger partial charge in [0.2, 0.25) is 5.91 Å². The van der Waals surface area contributed by atoms with Crippen molar-refractivity contribution < 1.29 is 13.9 Å². The zero-order chi connectivity index (χ0) is 23.3. The van der Waals surface area contributed by atoms with Gasteiger partial charge in [-0.1, -0.05) is 54.9 Å². The molecule has 0 bridgehead atoms. The van der Waals surface area contributed by atoms with Crippen molar-refractivity contribution in [2.24, 2.45) is 5.92 Å². The molecule has 6 nitrogen and oxygen atoms in total. The van der Waals surface area contributed by atoms with E-state index in [0.29, 0.717) is 28.7 Å². The molecule has 1 saturated carbocycles. The number of amides is 1. The summed E-state index contributed by atoms with van der Waals surface area (Å²) in [5.41, 5.74) is 0.875. The van der Waals surface area contributed by atoms with Crippen molar-refractivity contribution in [1.82, 2.24) is 19.7 Å². The predicted octanol–water partition coefficient (Wildman–Crippen LogP) is 5.26. The highest BCUT2D eigenvalue weighted by Gasteiger charge is 2.35. The van der Waals surface area contributed by atoms with E-state index in [1.165, 1.54) is 43.5 Å². The second-order valence-electron chi connectivity index (χ2n) is 8.92. The molecule has 8 heteroatoms. The first-order chi connectivity index (χ1) is 16.7. The lowest BCUT2D eigenvalue weighted by molar-refractivity contribution is -0.134. The average molecular weight is 481 g/mol. The van der Waals surface area contributed by atoms with Crippen LogP contribution in [0.25, 0.3) is 5.69 Å². The van der Waals surface area contributed by atoms with Crippen LogP contribution in [0.2, 0.25) is 0 Å². The Balaban J connectivity index is 1.32. The van der Waals surface area contributed by atoms with Crippen LogP contribution in [-0.4, -0.2) is 43.9 Å². The van der Waals surface area contributed by atoms with Crippen LogP contribution in [0, 0.1) is 11.7 Å². The zero-order valence-corrected chi connectivity index (χ0v) is 19.9. The molecule has 0 radical (unpaired) electrons. The lowest BCUT2D eigenvalue weighted by Gasteiger charge is -2.44. The molecule has 1 saturated heterocycles. The maximum atomic E-state index is 14.0. The van der Waals surface area contributed by atoms with Gasteiger partial charge in [0, 0.05) is 18.3 Å². The lowest BCUT2D eigenvalue weighted by Crippen LogP contribution is -2.50. The fourth-order valence-corrected chi connectivity index (χ4v) is 6.03. The number of likely N-dealkylation sites (tertiary alicyclic amines) is 1. The number of carbonyl (C=O) groups is 1. The number of hydrogen-bond acceptors (Lipinski definition) is 5. The first-order valence-electron chi connectivity index (χ1n) is 12.0. The molecule has 1 aliphatic carbocycles. The Hall–Kier alpha value is -2.87. The molecule has 2 atom stereocenters. The average Bonchev–Trinajstić information content (AvgIpc) is 3.29. The van der Waals surface area contributed by atoms with E-state index in [2.05, 4.69) is 15.1 Å². The maximum Gasteiger partial charge on any atom is 0.233 e. The number of rotatable bonds is 7. The number of thioether (sulfide) groups is 1. The van der Waals surface area contributed by atoms with E-state index in [0.717, 1.165) is 25.1 Å². The van der Waals surface area contributed by atoms with Crippen LogP contribution in [0.3, 0.4) is 0 Å². The van der Waals surface area contributed by atoms with E-state index >= 15 is 0 Å². The number of piperidine rings is 1. The third-order valence-electron chi connectivity index (χ3n) is 6.80. The number of para-hydroxylation sites is 2. The van der Waals surface area contributed by atoms with Crippen molar-refractivity contribution in [2.75, 3.05) is 12.3 Å². The Morgan fingerprint density at radius 2 is 1.76 bits per heavy atom. The van der Waals surface area contributed by atoms with Gasteiger partial charge in [0.05, 0.1) is 5.75 Å². The van der Waals surface area contributed by atoms with Gasteiger partial charge in [-0.25, -0.2) is 4.39 Å². The van der Waals surface area contributed by atoms with Gasteiger partial charge < -0.3 is 9.64 Å². The molecule has 2 aromatic carbocycles. The first kappa shape index (κ1) is 22.9. The first-order valence-corrected chi connectivity index (χ1v) is 13.0. The summed E-state index contributed by atoms with van der Waals surface area (Å²) in [5.74, 6) is 1.45. The van der Waals surface area contributed by atoms with Crippen LogP contribution in [0.15, 0.2) is 59.8 Å². The van der Waals surface area contributed by atoms with Gasteiger partial charge in [-0.3, -0.25) is 9.36 Å². The lowest BCUT2D eigenvalue weighted by atomic mass is 9.78. The van der Waals surface area contributed by atoms with Crippen molar-refractivity contribution in [3.05, 3.63) is 66.2 Å². The summed E-state index contributed by atoms with van der Waals surface area (Å²) in [6, 6.07) is 16.4. The molecule has 1 aromatic heterocycles. The Morgan fingerprint density at radius 3 is 2.62 bits per heavy atom. The van der Waals surface area contributed by atoms with Crippen LogP contribution >= 0.6 is 11.8 Å². The molecule has 1 amide bonds. The monoisotopic (exact) mass is 480 g/mol. The summed E-state index contributed by atoms with van der Waals surface area (Å²) in [4.78, 5) is 15.3. The number of aromatic nitrogens is 3. The molecule has 5 rings (SSSR count). The van der Waals surface area contributed by atoms with Crippen molar-refractivity contribution in [3.63, 3.8) is 0 Å². The number of benzene rings is 2. The van der Waals surface area contributed by atoms with E-state index in [9.17, 15) is 9.18 Å². The van der Waals surface area contributed by atoms with Crippen LogP contribution in [0.1, 0.15) is 44.3 Å². The summed E-state index contributed by atoms with van der Waals surface area (Å²) in [6.07, 6.45) is 7.21. The highest BCUT2D eigenvalue weighted by Crippen LogP contribution is 2.36. The number of hydrogen-bond donors (Lipinski definition) is 0. The van der Waals surface area contributed by atoms with Crippen molar-refractivity contribution in [2.45, 2.75) is 56.3 Å². The molecule has 1 aliphatic heterocycles. The Labute approximate surface area is 203 Å². The quantitative estimate of drug-likeness (QED) is 0.432. The number of carbonyl (C=O) groups excluding carboxylic acids is 1. The Bertz CT molecular complexity index is 1120. The molecule has 34 heavy (non-hydrogen) atoms. The highest BCUT2D eigenvalue weighted by molar-refractivity contribution is 7.99. The molecular formula is C26H29FN4O2S. The van der Waals surface area contributed by atoms with Crippen LogP contribution in [-0.2, 0) is 11.4 Å². The standard InChI is InChI=1S/C26H29FN4O2S/c27-21-13-5-7-15-23(21)33-17-24-28-29-26(31(24)20-11-2-1-3-12-20)34-18-25(32)30-16-8-10-19-9-4-6-14-22(19)30/h1-3,5,7,11-13,15,19,22H,4,6,8-10,14,16-18H2. The molecule has 3 aromatic rings. The van der Waals surface area contributed by atoms with Gasteiger partial charge in [-0.15, -0.1) is 10.2 Å². The molecule has 2 unspecified atom stereocenters. The second-order valence-corrected chi connectivity index (χ2v) is 9.86. The minimum absolute atomic E-state index is 0.0627. The summed E-state index contributed by atoms with van der Waals surface area (Å²) in [5, 5.41) is 9.30. The normalized spacial score (nSPS) is 20.1. The maximum absolute atomic E-state index is 14.0. The van der Waals surface area contributed by atoms with Gasteiger partial charge in [0.25, 0.3) is 0 Å². The van der Waals surface area contributed by atoms with E-state index in [1.54, 1.807) is 18.2 Å². The van der Waals surface area contributed by atoms with Gasteiger partial charge in [0.1, 0.15) is 6.61 Å². The van der Waals surface area contributed by atoms with Gasteiger partial charge in [-0.05, 0) is 55.9 Å². The zero-order valence-electron chi connectivity index (χ0n) is 19.1. The third-order valence-corrected chi connectivity index (χ3v) is 7.71. The molecule has 0 N–H and O–H groups in total. The van der Waals surface area contributed by atoms with Crippen molar-refractivity contribution in [3.8, 4) is 11.4 Å². The molecule has 2 fully saturated rings. The van der Waals surface area contributed by atoms with Crippen molar-refractivity contribution in [1.29, 1.82) is 0 Å². The third kappa shape index (κ3) is 4.97. The number of ether oxygens (including phenoxy) is 1. The summed E-state index contributed by atoms with van der Waals surface area (Å²) in [7, 11) is 0. The van der Waals surface area contributed by atoms with E-state index < -0.39 is 5.82 Å². The largest absolute Gasteiger partial charge is 0.483 e. The van der Waals surface area contributed by atoms with Crippen LogP contribution in [0.5, 0.6) is 5.75 Å². The second kappa shape index (κ2) is 10.6. The molecule has 2 heterocycles. The number of halogens is 1. The topological polar surface area (TPSA) is 60.2 Å². The Morgan fingerprint density at radius 1 is 1.00 bits per heavy atom.